The van der Waals surface area contributed by atoms with Crippen molar-refractivity contribution in [2.24, 2.45) is 0 Å². The van der Waals surface area contributed by atoms with E-state index in [0.29, 0.717) is 16.4 Å². The zero-order valence-corrected chi connectivity index (χ0v) is 15.8. The molecule has 26 heavy (non-hydrogen) atoms. The van der Waals surface area contributed by atoms with Crippen LogP contribution in [0.2, 0.25) is 5.02 Å². The third-order valence-corrected chi connectivity index (χ3v) is 6.16. The molecule has 0 saturated carbocycles. The quantitative estimate of drug-likeness (QED) is 0.592. The molecule has 0 unspecified atom stereocenters. The maximum absolute atomic E-state index is 14.8. The molecule has 0 atom stereocenters. The molecule has 2 aliphatic rings. The molecule has 2 aliphatic heterocycles. The SMILES string of the molecule is Cc1cc(N2CC3(CCCO3)C2)c(Cl)c(F)c1SNc1cccc(F)n1. The number of hydrogen-bond acceptors (Lipinski definition) is 5. The predicted octanol–water partition coefficient (Wildman–Crippen LogP) is 4.81. The first-order valence-electron chi connectivity index (χ1n) is 8.40. The van der Waals surface area contributed by atoms with Gasteiger partial charge in [-0.15, -0.1) is 0 Å². The molecule has 0 radical (unpaired) electrons. The van der Waals surface area contributed by atoms with E-state index in [2.05, 4.69) is 14.6 Å². The summed E-state index contributed by atoms with van der Waals surface area (Å²) in [4.78, 5) is 6.13. The molecule has 1 aromatic heterocycles. The molecule has 0 amide bonds. The van der Waals surface area contributed by atoms with Crippen molar-refractivity contribution in [2.45, 2.75) is 30.3 Å². The number of rotatable bonds is 4. The molecule has 3 heterocycles. The first kappa shape index (κ1) is 17.8. The fraction of sp³-hybridized carbons (Fsp3) is 0.389. The second-order valence-corrected chi connectivity index (χ2v) is 7.90. The highest BCUT2D eigenvalue weighted by Crippen LogP contribution is 2.43. The Morgan fingerprint density at radius 1 is 1.35 bits per heavy atom. The molecule has 0 bridgehead atoms. The smallest absolute Gasteiger partial charge is 0.214 e. The van der Waals surface area contributed by atoms with Gasteiger partial charge in [0, 0.05) is 19.7 Å². The van der Waals surface area contributed by atoms with Crippen LogP contribution in [0, 0.1) is 18.7 Å². The number of pyridine rings is 1. The standard InChI is InChI=1S/C18H18ClF2N3OS/c1-11-8-12(24-9-18(10-24)6-3-7-25-18)15(19)16(21)17(11)26-23-14-5-2-4-13(20)22-14/h2,4-5,8H,3,6-7,9-10H2,1H3,(H,22,23). The van der Waals surface area contributed by atoms with Crippen molar-refractivity contribution in [3.8, 4) is 0 Å². The van der Waals surface area contributed by atoms with Gasteiger partial charge in [0.2, 0.25) is 5.95 Å². The van der Waals surface area contributed by atoms with Gasteiger partial charge in [-0.2, -0.15) is 4.39 Å². The van der Waals surface area contributed by atoms with Gasteiger partial charge in [-0.25, -0.2) is 9.37 Å². The second kappa shape index (κ2) is 6.87. The third kappa shape index (κ3) is 3.23. The summed E-state index contributed by atoms with van der Waals surface area (Å²) in [6.07, 6.45) is 2.12. The summed E-state index contributed by atoms with van der Waals surface area (Å²) in [5.41, 5.74) is 1.37. The van der Waals surface area contributed by atoms with E-state index in [1.54, 1.807) is 6.07 Å². The number of nitrogens with one attached hydrogen (secondary N) is 1. The fourth-order valence-electron chi connectivity index (χ4n) is 3.47. The lowest BCUT2D eigenvalue weighted by molar-refractivity contribution is -0.0180. The number of aromatic nitrogens is 1. The van der Waals surface area contributed by atoms with Crippen molar-refractivity contribution in [2.75, 3.05) is 29.3 Å². The van der Waals surface area contributed by atoms with Crippen LogP contribution in [-0.2, 0) is 4.74 Å². The number of anilines is 2. The van der Waals surface area contributed by atoms with Gasteiger partial charge in [-0.1, -0.05) is 17.7 Å². The van der Waals surface area contributed by atoms with Crippen LogP contribution in [0.5, 0.6) is 0 Å². The Hall–Kier alpha value is -1.57. The highest BCUT2D eigenvalue weighted by atomic mass is 35.5. The number of halogens is 3. The van der Waals surface area contributed by atoms with Gasteiger partial charge in [-0.05, 0) is 55.5 Å². The largest absolute Gasteiger partial charge is 0.371 e. The van der Waals surface area contributed by atoms with Gasteiger partial charge in [0.05, 0.1) is 10.6 Å². The van der Waals surface area contributed by atoms with Crippen LogP contribution in [0.3, 0.4) is 0 Å². The van der Waals surface area contributed by atoms with E-state index in [-0.39, 0.29) is 10.6 Å². The van der Waals surface area contributed by atoms with E-state index >= 15 is 0 Å². The number of hydrogen-bond donors (Lipinski definition) is 1. The maximum Gasteiger partial charge on any atom is 0.214 e. The van der Waals surface area contributed by atoms with E-state index in [1.165, 1.54) is 12.1 Å². The Kier molecular flexibility index (Phi) is 4.71. The molecule has 8 heteroatoms. The highest BCUT2D eigenvalue weighted by Gasteiger charge is 2.47. The lowest BCUT2D eigenvalue weighted by Gasteiger charge is -2.48. The Morgan fingerprint density at radius 2 is 2.15 bits per heavy atom. The maximum atomic E-state index is 14.8. The zero-order valence-electron chi connectivity index (χ0n) is 14.2. The van der Waals surface area contributed by atoms with Crippen LogP contribution in [0.1, 0.15) is 18.4 Å². The highest BCUT2D eigenvalue weighted by molar-refractivity contribution is 8.00. The summed E-state index contributed by atoms with van der Waals surface area (Å²) in [7, 11) is 0. The summed E-state index contributed by atoms with van der Waals surface area (Å²) < 4.78 is 36.7. The predicted molar refractivity (Wildman–Crippen MR) is 100.0 cm³/mol. The molecule has 4 nitrogen and oxygen atoms in total. The van der Waals surface area contributed by atoms with Crippen LogP contribution in [-0.4, -0.2) is 30.3 Å². The number of nitrogens with zero attached hydrogens (tertiary/aromatic N) is 2. The molecule has 2 aromatic rings. The van der Waals surface area contributed by atoms with Gasteiger partial charge < -0.3 is 14.4 Å². The molecule has 4 rings (SSSR count). The molecular formula is C18H18ClF2N3OS. The van der Waals surface area contributed by atoms with Crippen LogP contribution >= 0.6 is 23.5 Å². The van der Waals surface area contributed by atoms with Crippen LogP contribution in [0.4, 0.5) is 20.3 Å². The topological polar surface area (TPSA) is 37.4 Å². The van der Waals surface area contributed by atoms with E-state index < -0.39 is 11.8 Å². The second-order valence-electron chi connectivity index (χ2n) is 6.71. The Bertz CT molecular complexity index is 837. The van der Waals surface area contributed by atoms with Crippen LogP contribution < -0.4 is 9.62 Å². The molecule has 138 valence electrons. The van der Waals surface area contributed by atoms with Gasteiger partial charge in [0.25, 0.3) is 0 Å². The zero-order chi connectivity index (χ0) is 18.3. The molecular weight excluding hydrogens is 380 g/mol. The minimum atomic E-state index is -0.595. The first-order chi connectivity index (χ1) is 12.5. The summed E-state index contributed by atoms with van der Waals surface area (Å²) in [5, 5.41) is 0.0972. The van der Waals surface area contributed by atoms with Gasteiger partial charge in [-0.3, -0.25) is 0 Å². The third-order valence-electron chi connectivity index (χ3n) is 4.78. The minimum absolute atomic E-state index is 0.0776. The molecule has 1 spiro atoms. The summed E-state index contributed by atoms with van der Waals surface area (Å²) >= 11 is 7.34. The van der Waals surface area contributed by atoms with E-state index in [4.69, 9.17) is 16.3 Å². The normalized spacial score (nSPS) is 18.2. The summed E-state index contributed by atoms with van der Waals surface area (Å²) in [6.45, 7) is 4.10. The van der Waals surface area contributed by atoms with E-state index in [9.17, 15) is 8.78 Å². The van der Waals surface area contributed by atoms with Crippen molar-refractivity contribution in [1.82, 2.24) is 4.98 Å². The van der Waals surface area contributed by atoms with E-state index in [0.717, 1.165) is 50.0 Å². The summed E-state index contributed by atoms with van der Waals surface area (Å²) in [6, 6.07) is 6.28. The van der Waals surface area contributed by atoms with Crippen molar-refractivity contribution < 1.29 is 13.5 Å². The number of ether oxygens (including phenoxy) is 1. The number of benzene rings is 1. The van der Waals surface area contributed by atoms with Crippen molar-refractivity contribution in [3.05, 3.63) is 46.6 Å². The minimum Gasteiger partial charge on any atom is -0.371 e. The summed E-state index contributed by atoms with van der Waals surface area (Å²) in [5.74, 6) is -0.761. The molecule has 1 N–H and O–H groups in total. The monoisotopic (exact) mass is 397 g/mol. The Morgan fingerprint density at radius 3 is 2.85 bits per heavy atom. The van der Waals surface area contributed by atoms with Crippen molar-refractivity contribution in [1.29, 1.82) is 0 Å². The van der Waals surface area contributed by atoms with E-state index in [1.807, 2.05) is 13.0 Å². The average Bonchev–Trinajstić information content (AvgIpc) is 3.07. The first-order valence-corrected chi connectivity index (χ1v) is 9.60. The Labute approximate surface area is 160 Å². The van der Waals surface area contributed by atoms with Crippen molar-refractivity contribution in [3.63, 3.8) is 0 Å². The average molecular weight is 398 g/mol. The van der Waals surface area contributed by atoms with Gasteiger partial charge in [0.1, 0.15) is 16.4 Å². The molecule has 0 aliphatic carbocycles. The van der Waals surface area contributed by atoms with Crippen LogP contribution in [0.25, 0.3) is 0 Å². The molecule has 1 aromatic carbocycles. The van der Waals surface area contributed by atoms with Crippen LogP contribution in [0.15, 0.2) is 29.2 Å². The lowest BCUT2D eigenvalue weighted by atomic mass is 9.90. The number of aryl methyl sites for hydroxylation is 1. The van der Waals surface area contributed by atoms with Gasteiger partial charge >= 0.3 is 0 Å². The fourth-order valence-corrected chi connectivity index (χ4v) is 4.52. The lowest BCUT2D eigenvalue weighted by Crippen LogP contribution is -2.61. The molecule has 2 saturated heterocycles. The Balaban J connectivity index is 1.51. The van der Waals surface area contributed by atoms with Gasteiger partial charge in [0.15, 0.2) is 5.82 Å². The van der Waals surface area contributed by atoms with Crippen molar-refractivity contribution >= 4 is 35.1 Å². The molecule has 2 fully saturated rings.